The Labute approximate surface area is 155 Å². The second-order valence-corrected chi connectivity index (χ2v) is 6.48. The second-order valence-electron chi connectivity index (χ2n) is 6.04. The Hall–Kier alpha value is -2.49. The van der Waals surface area contributed by atoms with Gasteiger partial charge in [0.1, 0.15) is 6.04 Å². The number of rotatable bonds is 3. The van der Waals surface area contributed by atoms with Crippen LogP contribution in [0.15, 0.2) is 42.5 Å². The normalized spacial score (nSPS) is 16.2. The lowest BCUT2D eigenvalue weighted by Crippen LogP contribution is -2.49. The molecule has 0 saturated carbocycles. The molecule has 0 spiro atoms. The Bertz CT molecular complexity index is 860. The minimum absolute atomic E-state index is 0.115. The van der Waals surface area contributed by atoms with E-state index in [-0.39, 0.29) is 11.5 Å². The van der Waals surface area contributed by atoms with Crippen molar-refractivity contribution in [1.29, 1.82) is 5.26 Å². The average Bonchev–Trinajstić information content (AvgIpc) is 2.65. The molecular formula is C19H16ClF2N3O. The van der Waals surface area contributed by atoms with E-state index in [1.54, 1.807) is 23.1 Å². The number of hydrogen-bond acceptors (Lipinski definition) is 3. The number of carbonyl (C=O) groups is 1. The number of nitriles is 1. The fourth-order valence-electron chi connectivity index (χ4n) is 3.04. The highest BCUT2D eigenvalue weighted by molar-refractivity contribution is 6.30. The molecule has 1 unspecified atom stereocenters. The molecule has 4 nitrogen and oxygen atoms in total. The molecule has 1 atom stereocenters. The van der Waals surface area contributed by atoms with E-state index >= 15 is 0 Å². The monoisotopic (exact) mass is 375 g/mol. The molecule has 1 amide bonds. The number of amides is 1. The van der Waals surface area contributed by atoms with Crippen molar-refractivity contribution in [3.63, 3.8) is 0 Å². The number of benzene rings is 2. The fraction of sp³-hybridized carbons (Fsp3) is 0.263. The molecule has 1 saturated heterocycles. The van der Waals surface area contributed by atoms with E-state index in [1.165, 1.54) is 6.07 Å². The molecule has 0 N–H and O–H groups in total. The summed E-state index contributed by atoms with van der Waals surface area (Å²) in [6.07, 6.45) is 0. The summed E-state index contributed by atoms with van der Waals surface area (Å²) in [7, 11) is 0. The Morgan fingerprint density at radius 3 is 2.42 bits per heavy atom. The summed E-state index contributed by atoms with van der Waals surface area (Å²) in [4.78, 5) is 16.0. The molecule has 3 rings (SSSR count). The summed E-state index contributed by atoms with van der Waals surface area (Å²) in [5.41, 5.74) is 0.921. The maximum atomic E-state index is 13.3. The third-order valence-corrected chi connectivity index (χ3v) is 4.65. The van der Waals surface area contributed by atoms with E-state index in [0.717, 1.165) is 17.7 Å². The van der Waals surface area contributed by atoms with Crippen LogP contribution < -0.4 is 0 Å². The maximum absolute atomic E-state index is 13.3. The first-order chi connectivity index (χ1) is 12.5. The fourth-order valence-corrected chi connectivity index (χ4v) is 3.24. The quantitative estimate of drug-likeness (QED) is 0.822. The van der Waals surface area contributed by atoms with Crippen LogP contribution in [0, 0.1) is 23.0 Å². The van der Waals surface area contributed by atoms with Gasteiger partial charge in [-0.05, 0) is 35.9 Å². The van der Waals surface area contributed by atoms with E-state index < -0.39 is 17.7 Å². The summed E-state index contributed by atoms with van der Waals surface area (Å²) in [5.74, 6) is -2.37. The Kier molecular flexibility index (Phi) is 5.50. The van der Waals surface area contributed by atoms with Crippen molar-refractivity contribution in [1.82, 2.24) is 9.80 Å². The largest absolute Gasteiger partial charge is 0.336 e. The number of hydrogen-bond donors (Lipinski definition) is 0. The van der Waals surface area contributed by atoms with Crippen molar-refractivity contribution in [3.8, 4) is 6.07 Å². The van der Waals surface area contributed by atoms with Gasteiger partial charge in [-0.1, -0.05) is 23.7 Å². The summed E-state index contributed by atoms with van der Waals surface area (Å²) < 4.78 is 26.4. The smallest absolute Gasteiger partial charge is 0.254 e. The highest BCUT2D eigenvalue weighted by Crippen LogP contribution is 2.24. The van der Waals surface area contributed by atoms with Crippen LogP contribution in [-0.2, 0) is 0 Å². The molecule has 1 heterocycles. The third-order valence-electron chi connectivity index (χ3n) is 4.42. The van der Waals surface area contributed by atoms with Gasteiger partial charge in [-0.2, -0.15) is 5.26 Å². The van der Waals surface area contributed by atoms with E-state index in [2.05, 4.69) is 6.07 Å². The van der Waals surface area contributed by atoms with Gasteiger partial charge >= 0.3 is 0 Å². The maximum Gasteiger partial charge on any atom is 0.254 e. The van der Waals surface area contributed by atoms with Crippen LogP contribution in [0.2, 0.25) is 5.02 Å². The van der Waals surface area contributed by atoms with Gasteiger partial charge in [0.15, 0.2) is 11.6 Å². The van der Waals surface area contributed by atoms with Crippen LogP contribution >= 0.6 is 11.6 Å². The van der Waals surface area contributed by atoms with E-state index in [1.807, 2.05) is 11.0 Å². The van der Waals surface area contributed by atoms with Gasteiger partial charge in [0.05, 0.1) is 6.07 Å². The lowest BCUT2D eigenvalue weighted by Gasteiger charge is -2.37. The van der Waals surface area contributed by atoms with Crippen molar-refractivity contribution in [3.05, 3.63) is 70.2 Å². The van der Waals surface area contributed by atoms with E-state index in [9.17, 15) is 18.8 Å². The summed E-state index contributed by atoms with van der Waals surface area (Å²) >= 11 is 6.00. The molecule has 26 heavy (non-hydrogen) atoms. The molecule has 1 aliphatic heterocycles. The van der Waals surface area contributed by atoms with Crippen molar-refractivity contribution in [2.45, 2.75) is 6.04 Å². The second kappa shape index (κ2) is 7.81. The third kappa shape index (κ3) is 3.85. The number of carbonyl (C=O) groups excluding carboxylic acids is 1. The number of nitrogens with zero attached hydrogens (tertiary/aromatic N) is 3. The van der Waals surface area contributed by atoms with Crippen molar-refractivity contribution in [2.75, 3.05) is 26.2 Å². The van der Waals surface area contributed by atoms with Crippen LogP contribution in [0.1, 0.15) is 22.0 Å². The highest BCUT2D eigenvalue weighted by atomic mass is 35.5. The van der Waals surface area contributed by atoms with Crippen molar-refractivity contribution in [2.24, 2.45) is 0 Å². The van der Waals surface area contributed by atoms with Gasteiger partial charge < -0.3 is 4.90 Å². The van der Waals surface area contributed by atoms with Gasteiger partial charge in [0, 0.05) is 36.8 Å². The molecule has 1 aliphatic rings. The van der Waals surface area contributed by atoms with Crippen LogP contribution in [-0.4, -0.2) is 41.9 Å². The topological polar surface area (TPSA) is 47.3 Å². The van der Waals surface area contributed by atoms with Gasteiger partial charge in [0.2, 0.25) is 0 Å². The zero-order valence-electron chi connectivity index (χ0n) is 13.8. The Morgan fingerprint density at radius 1 is 1.08 bits per heavy atom. The molecule has 0 bridgehead atoms. The van der Waals surface area contributed by atoms with Crippen LogP contribution in [0.4, 0.5) is 8.78 Å². The predicted molar refractivity (Wildman–Crippen MR) is 93.6 cm³/mol. The average molecular weight is 376 g/mol. The van der Waals surface area contributed by atoms with Gasteiger partial charge in [0.25, 0.3) is 5.91 Å². The number of piperazine rings is 1. The molecule has 1 fully saturated rings. The SMILES string of the molecule is N#CC(c1cccc(Cl)c1)N1CCN(C(=O)c2ccc(F)c(F)c2)CC1. The first-order valence-corrected chi connectivity index (χ1v) is 8.51. The van der Waals surface area contributed by atoms with Gasteiger partial charge in [-0.3, -0.25) is 9.69 Å². The molecule has 2 aromatic carbocycles. The minimum Gasteiger partial charge on any atom is -0.336 e. The molecular weight excluding hydrogens is 360 g/mol. The summed E-state index contributed by atoms with van der Waals surface area (Å²) in [6, 6.07) is 12.1. The predicted octanol–water partition coefficient (Wildman–Crippen LogP) is 3.64. The zero-order chi connectivity index (χ0) is 18.7. The summed E-state index contributed by atoms with van der Waals surface area (Å²) in [5, 5.41) is 10.1. The first kappa shape index (κ1) is 18.3. The molecule has 0 aliphatic carbocycles. The lowest BCUT2D eigenvalue weighted by atomic mass is 10.1. The van der Waals surface area contributed by atoms with Crippen molar-refractivity contribution >= 4 is 17.5 Å². The van der Waals surface area contributed by atoms with Crippen molar-refractivity contribution < 1.29 is 13.6 Å². The van der Waals surface area contributed by atoms with Crippen LogP contribution in [0.25, 0.3) is 0 Å². The zero-order valence-corrected chi connectivity index (χ0v) is 14.6. The molecule has 0 aromatic heterocycles. The Morgan fingerprint density at radius 2 is 1.81 bits per heavy atom. The standard InChI is InChI=1S/C19H16ClF2N3O/c20-15-3-1-2-13(10-15)18(12-23)24-6-8-25(9-7-24)19(26)14-4-5-16(21)17(22)11-14/h1-5,10-11,18H,6-9H2. The van der Waals surface area contributed by atoms with E-state index in [4.69, 9.17) is 11.6 Å². The molecule has 134 valence electrons. The number of halogens is 3. The molecule has 7 heteroatoms. The van der Waals surface area contributed by atoms with E-state index in [0.29, 0.717) is 31.2 Å². The summed E-state index contributed by atoms with van der Waals surface area (Å²) in [6.45, 7) is 1.80. The van der Waals surface area contributed by atoms with Gasteiger partial charge in [-0.15, -0.1) is 0 Å². The van der Waals surface area contributed by atoms with Gasteiger partial charge in [-0.25, -0.2) is 8.78 Å². The Balaban J connectivity index is 1.67. The van der Waals surface area contributed by atoms with Crippen LogP contribution in [0.5, 0.6) is 0 Å². The molecule has 0 radical (unpaired) electrons. The first-order valence-electron chi connectivity index (χ1n) is 8.13. The molecule has 2 aromatic rings. The van der Waals surface area contributed by atoms with Crippen LogP contribution in [0.3, 0.4) is 0 Å². The minimum atomic E-state index is -1.04. The lowest BCUT2D eigenvalue weighted by molar-refractivity contribution is 0.0606. The highest BCUT2D eigenvalue weighted by Gasteiger charge is 2.28.